The fraction of sp³-hybridized carbons (Fsp3) is 0.933. The molecule has 0 radical (unpaired) electrons. The van der Waals surface area contributed by atoms with E-state index in [1.165, 1.54) is 6.42 Å². The van der Waals surface area contributed by atoms with Gasteiger partial charge in [0.05, 0.1) is 0 Å². The van der Waals surface area contributed by atoms with Gasteiger partial charge in [-0.05, 0) is 29.5 Å². The lowest BCUT2D eigenvalue weighted by molar-refractivity contribution is 0.213. The first-order valence-corrected chi connectivity index (χ1v) is 6.89. The molecule has 0 aliphatic heterocycles. The van der Waals surface area contributed by atoms with Gasteiger partial charge in [0, 0.05) is 20.6 Å². The van der Waals surface area contributed by atoms with E-state index < -0.39 is 0 Å². The van der Waals surface area contributed by atoms with Crippen LogP contribution in [0.15, 0.2) is 0 Å². The zero-order chi connectivity index (χ0) is 14.3. The molecule has 0 aromatic carbocycles. The van der Waals surface area contributed by atoms with Gasteiger partial charge in [0.15, 0.2) is 5.11 Å². The molecule has 18 heavy (non-hydrogen) atoms. The number of rotatable bonds is 3. The van der Waals surface area contributed by atoms with E-state index in [9.17, 15) is 0 Å². The highest BCUT2D eigenvalue weighted by Crippen LogP contribution is 2.32. The third-order valence-corrected chi connectivity index (χ3v) is 2.64. The van der Waals surface area contributed by atoms with Gasteiger partial charge in [0.1, 0.15) is 0 Å². The van der Waals surface area contributed by atoms with Crippen molar-refractivity contribution < 1.29 is 0 Å². The van der Waals surface area contributed by atoms with Gasteiger partial charge in [-0.2, -0.15) is 0 Å². The van der Waals surface area contributed by atoms with Crippen LogP contribution in [0, 0.1) is 10.8 Å². The smallest absolute Gasteiger partial charge is 0.168 e. The number of nitrogens with one attached hydrogen (secondary N) is 1. The first-order chi connectivity index (χ1) is 7.53. The van der Waals surface area contributed by atoms with Crippen molar-refractivity contribution in [2.24, 2.45) is 10.8 Å². The molecule has 0 saturated carbocycles. The Hall–Kier alpha value is -0.310. The van der Waals surface area contributed by atoms with Gasteiger partial charge in [-0.3, -0.25) is 0 Å². The Labute approximate surface area is 122 Å². The SMILES string of the molecule is C.CC.CN(C)C(=S)NCC(C)(C)CC(C)(C)C. The molecule has 0 aromatic heterocycles. The monoisotopic (exact) mass is 276 g/mol. The maximum atomic E-state index is 5.20. The summed E-state index contributed by atoms with van der Waals surface area (Å²) in [7, 11) is 3.93. The molecule has 0 unspecified atom stereocenters. The molecule has 1 N–H and O–H groups in total. The number of thiocarbonyl (C=S) groups is 1. The van der Waals surface area contributed by atoms with Gasteiger partial charge < -0.3 is 10.2 Å². The third kappa shape index (κ3) is 13.8. The molecular weight excluding hydrogens is 240 g/mol. The average molecular weight is 277 g/mol. The van der Waals surface area contributed by atoms with E-state index >= 15 is 0 Å². The highest BCUT2D eigenvalue weighted by Gasteiger charge is 2.25. The molecule has 2 nitrogen and oxygen atoms in total. The quantitative estimate of drug-likeness (QED) is 0.761. The van der Waals surface area contributed by atoms with Gasteiger partial charge in [0.25, 0.3) is 0 Å². The van der Waals surface area contributed by atoms with Crippen molar-refractivity contribution in [3.8, 4) is 0 Å². The summed E-state index contributed by atoms with van der Waals surface area (Å²) < 4.78 is 0. The zero-order valence-electron chi connectivity index (χ0n) is 13.3. The third-order valence-electron chi connectivity index (χ3n) is 2.13. The maximum absolute atomic E-state index is 5.20. The molecule has 0 aliphatic carbocycles. The maximum Gasteiger partial charge on any atom is 0.168 e. The van der Waals surface area contributed by atoms with Crippen LogP contribution in [-0.2, 0) is 0 Å². The predicted octanol–water partition coefficient (Wildman–Crippen LogP) is 4.55. The van der Waals surface area contributed by atoms with E-state index in [1.807, 2.05) is 32.8 Å². The highest BCUT2D eigenvalue weighted by atomic mass is 32.1. The van der Waals surface area contributed by atoms with Crippen LogP contribution in [-0.4, -0.2) is 30.7 Å². The summed E-state index contributed by atoms with van der Waals surface area (Å²) in [5, 5.41) is 4.12. The van der Waals surface area contributed by atoms with Crippen LogP contribution in [0.4, 0.5) is 0 Å². The van der Waals surface area contributed by atoms with Crippen LogP contribution in [0.5, 0.6) is 0 Å². The second kappa shape index (κ2) is 9.60. The molecule has 0 fully saturated rings. The van der Waals surface area contributed by atoms with E-state index in [4.69, 9.17) is 12.2 Å². The number of hydrogen-bond acceptors (Lipinski definition) is 1. The van der Waals surface area contributed by atoms with Crippen molar-refractivity contribution in [1.82, 2.24) is 10.2 Å². The van der Waals surface area contributed by atoms with E-state index in [-0.39, 0.29) is 12.8 Å². The summed E-state index contributed by atoms with van der Waals surface area (Å²) >= 11 is 5.20. The van der Waals surface area contributed by atoms with Crippen molar-refractivity contribution in [2.45, 2.75) is 62.3 Å². The minimum atomic E-state index is 0. The summed E-state index contributed by atoms with van der Waals surface area (Å²) in [6, 6.07) is 0. The Balaban J connectivity index is -0.000000709. The molecule has 0 heterocycles. The van der Waals surface area contributed by atoms with E-state index in [0.29, 0.717) is 5.41 Å². The first kappa shape index (κ1) is 22.8. The lowest BCUT2D eigenvalue weighted by Gasteiger charge is -2.33. The van der Waals surface area contributed by atoms with Gasteiger partial charge in [0.2, 0.25) is 0 Å². The molecule has 112 valence electrons. The van der Waals surface area contributed by atoms with Crippen molar-refractivity contribution in [1.29, 1.82) is 0 Å². The Kier molecular flexibility index (Phi) is 12.2. The normalized spacial score (nSPS) is 10.7. The molecular formula is C15H36N2S. The largest absolute Gasteiger partial charge is 0.362 e. The summed E-state index contributed by atoms with van der Waals surface area (Å²) in [6.07, 6.45) is 1.18. The average Bonchev–Trinajstić information content (AvgIpc) is 2.13. The van der Waals surface area contributed by atoms with E-state index in [1.54, 1.807) is 0 Å². The van der Waals surface area contributed by atoms with Crippen LogP contribution in [0.2, 0.25) is 0 Å². The van der Waals surface area contributed by atoms with Crippen LogP contribution in [0.25, 0.3) is 0 Å². The summed E-state index contributed by atoms with van der Waals surface area (Å²) in [4.78, 5) is 1.93. The molecule has 0 aromatic rings. The van der Waals surface area contributed by atoms with Crippen molar-refractivity contribution in [3.05, 3.63) is 0 Å². The number of nitrogens with zero attached hydrogens (tertiary/aromatic N) is 1. The second-order valence-electron chi connectivity index (χ2n) is 6.45. The molecule has 0 spiro atoms. The van der Waals surface area contributed by atoms with Crippen molar-refractivity contribution >= 4 is 17.3 Å². The number of hydrogen-bond donors (Lipinski definition) is 1. The lowest BCUT2D eigenvalue weighted by Crippen LogP contribution is -2.41. The molecule has 0 amide bonds. The van der Waals surface area contributed by atoms with Gasteiger partial charge >= 0.3 is 0 Å². The summed E-state index contributed by atoms with van der Waals surface area (Å²) in [5.74, 6) is 0. The first-order valence-electron chi connectivity index (χ1n) is 6.49. The topological polar surface area (TPSA) is 15.3 Å². The standard InChI is InChI=1S/C12H26N2S.C2H6.CH4/c1-11(2,3)8-12(4,5)9-13-10(15)14(6)7;1-2;/h8-9H2,1-7H3,(H,13,15);1-2H3;1H4. The zero-order valence-corrected chi connectivity index (χ0v) is 14.1. The molecule has 0 rings (SSSR count). The van der Waals surface area contributed by atoms with Gasteiger partial charge in [-0.1, -0.05) is 55.9 Å². The van der Waals surface area contributed by atoms with Crippen molar-refractivity contribution in [3.63, 3.8) is 0 Å². The highest BCUT2D eigenvalue weighted by molar-refractivity contribution is 7.80. The molecule has 0 bridgehead atoms. The van der Waals surface area contributed by atoms with E-state index in [0.717, 1.165) is 11.7 Å². The van der Waals surface area contributed by atoms with Crippen molar-refractivity contribution in [2.75, 3.05) is 20.6 Å². The Bertz CT molecular complexity index is 215. The van der Waals surface area contributed by atoms with Crippen LogP contribution < -0.4 is 5.32 Å². The van der Waals surface area contributed by atoms with Crippen LogP contribution >= 0.6 is 12.2 Å². The Morgan fingerprint density at radius 1 is 1.06 bits per heavy atom. The minimum Gasteiger partial charge on any atom is -0.362 e. The van der Waals surface area contributed by atoms with Gasteiger partial charge in [-0.15, -0.1) is 0 Å². The predicted molar refractivity (Wildman–Crippen MR) is 90.2 cm³/mol. The fourth-order valence-corrected chi connectivity index (χ4v) is 2.04. The van der Waals surface area contributed by atoms with Crippen LogP contribution in [0.3, 0.4) is 0 Å². The van der Waals surface area contributed by atoms with Crippen LogP contribution in [0.1, 0.15) is 62.3 Å². The Morgan fingerprint density at radius 3 is 1.72 bits per heavy atom. The Morgan fingerprint density at radius 2 is 1.44 bits per heavy atom. The molecule has 0 saturated heterocycles. The molecule has 0 aliphatic rings. The minimum absolute atomic E-state index is 0. The lowest BCUT2D eigenvalue weighted by atomic mass is 9.76. The second-order valence-corrected chi connectivity index (χ2v) is 6.84. The fourth-order valence-electron chi connectivity index (χ4n) is 1.97. The van der Waals surface area contributed by atoms with E-state index in [2.05, 4.69) is 39.9 Å². The van der Waals surface area contributed by atoms with Gasteiger partial charge in [-0.25, -0.2) is 0 Å². The summed E-state index contributed by atoms with van der Waals surface area (Å²) in [5.41, 5.74) is 0.642. The molecule has 3 heteroatoms. The summed E-state index contributed by atoms with van der Waals surface area (Å²) in [6.45, 7) is 16.3. The molecule has 0 atom stereocenters.